The van der Waals surface area contributed by atoms with Crippen LogP contribution in [0.1, 0.15) is 11.1 Å². The third-order valence-corrected chi connectivity index (χ3v) is 3.50. The molecule has 0 saturated carbocycles. The Morgan fingerprint density at radius 3 is 2.56 bits per heavy atom. The van der Waals surface area contributed by atoms with Gasteiger partial charge in [0.2, 0.25) is 0 Å². The molecule has 0 bridgehead atoms. The Labute approximate surface area is 157 Å². The number of carbonyl (C=O) groups is 2. The van der Waals surface area contributed by atoms with Gasteiger partial charge in [0.1, 0.15) is 6.54 Å². The number of hydrazone groups is 1. The van der Waals surface area contributed by atoms with E-state index in [0.29, 0.717) is 10.6 Å². The van der Waals surface area contributed by atoms with Crippen LogP contribution < -0.4 is 16.1 Å². The van der Waals surface area contributed by atoms with E-state index < -0.39 is 30.2 Å². The lowest BCUT2D eigenvalue weighted by atomic mass is 10.2. The van der Waals surface area contributed by atoms with E-state index in [1.165, 1.54) is 12.3 Å². The van der Waals surface area contributed by atoms with Gasteiger partial charge in [-0.1, -0.05) is 35.9 Å². The predicted molar refractivity (Wildman–Crippen MR) is 95.7 cm³/mol. The highest BCUT2D eigenvalue weighted by Gasteiger charge is 2.30. The number of benzene rings is 2. The van der Waals surface area contributed by atoms with Crippen molar-refractivity contribution in [2.24, 2.45) is 5.10 Å². The van der Waals surface area contributed by atoms with Crippen LogP contribution in [0.3, 0.4) is 0 Å². The number of anilines is 1. The molecule has 142 valence electrons. The molecule has 3 N–H and O–H groups in total. The number of urea groups is 1. The average molecular weight is 399 g/mol. The summed E-state index contributed by atoms with van der Waals surface area (Å²) in [5, 5.41) is 8.57. The number of nitrogens with one attached hydrogen (secondary N) is 3. The third kappa shape index (κ3) is 6.63. The summed E-state index contributed by atoms with van der Waals surface area (Å²) in [5.41, 5.74) is 1.83. The largest absolute Gasteiger partial charge is 0.416 e. The summed E-state index contributed by atoms with van der Waals surface area (Å²) in [6.45, 7) is -0.426. The normalized spacial score (nSPS) is 11.3. The summed E-state index contributed by atoms with van der Waals surface area (Å²) in [6.07, 6.45) is -3.18. The molecule has 0 fully saturated rings. The van der Waals surface area contributed by atoms with Crippen molar-refractivity contribution in [3.05, 3.63) is 64.7 Å². The monoisotopic (exact) mass is 398 g/mol. The molecule has 2 rings (SSSR count). The molecule has 0 aliphatic rings. The molecule has 6 nitrogen and oxygen atoms in total. The van der Waals surface area contributed by atoms with Crippen LogP contribution in [-0.2, 0) is 11.0 Å². The van der Waals surface area contributed by atoms with E-state index in [1.54, 1.807) is 24.3 Å². The van der Waals surface area contributed by atoms with Crippen LogP contribution in [0.15, 0.2) is 53.6 Å². The first-order valence-corrected chi connectivity index (χ1v) is 7.92. The third-order valence-electron chi connectivity index (χ3n) is 3.16. The Bertz CT molecular complexity index is 856. The van der Waals surface area contributed by atoms with E-state index in [1.807, 2.05) is 0 Å². The van der Waals surface area contributed by atoms with Gasteiger partial charge in [0.15, 0.2) is 0 Å². The topological polar surface area (TPSA) is 82.6 Å². The lowest BCUT2D eigenvalue weighted by Crippen LogP contribution is -2.37. The van der Waals surface area contributed by atoms with Crippen LogP contribution in [-0.4, -0.2) is 24.7 Å². The first-order valence-electron chi connectivity index (χ1n) is 7.54. The van der Waals surface area contributed by atoms with Gasteiger partial charge in [0.25, 0.3) is 5.91 Å². The Morgan fingerprint density at radius 2 is 1.85 bits per heavy atom. The Hall–Kier alpha value is -3.07. The molecule has 2 aromatic carbocycles. The zero-order chi connectivity index (χ0) is 19.9. The minimum Gasteiger partial charge on any atom is -0.329 e. The number of nitrogens with zero attached hydrogens (tertiary/aromatic N) is 1. The molecule has 27 heavy (non-hydrogen) atoms. The van der Waals surface area contributed by atoms with Gasteiger partial charge in [-0.25, -0.2) is 10.2 Å². The Kier molecular flexibility index (Phi) is 6.78. The van der Waals surface area contributed by atoms with Crippen molar-refractivity contribution in [1.29, 1.82) is 0 Å². The number of alkyl halides is 3. The molecule has 0 saturated heterocycles. The molecule has 0 aliphatic heterocycles. The van der Waals surface area contributed by atoms with Crippen molar-refractivity contribution >= 4 is 35.4 Å². The lowest BCUT2D eigenvalue weighted by molar-refractivity contribution is -0.137. The molecule has 0 aromatic heterocycles. The van der Waals surface area contributed by atoms with Gasteiger partial charge < -0.3 is 10.6 Å². The number of hydrogen-bond acceptors (Lipinski definition) is 3. The molecular weight excluding hydrogens is 385 g/mol. The van der Waals surface area contributed by atoms with Crippen molar-refractivity contribution in [2.75, 3.05) is 11.9 Å². The summed E-state index contributed by atoms with van der Waals surface area (Å²) in [6, 6.07) is 10.1. The van der Waals surface area contributed by atoms with Gasteiger partial charge in [-0.15, -0.1) is 0 Å². The SMILES string of the molecule is O=C(CNC(=O)Nc1cccc(C(F)(F)F)c1)N/N=C/c1ccccc1Cl. The van der Waals surface area contributed by atoms with Gasteiger partial charge in [-0.05, 0) is 24.3 Å². The highest BCUT2D eigenvalue weighted by molar-refractivity contribution is 6.33. The summed E-state index contributed by atoms with van der Waals surface area (Å²) < 4.78 is 37.9. The molecule has 3 amide bonds. The van der Waals surface area contributed by atoms with Gasteiger partial charge in [0.05, 0.1) is 11.8 Å². The first-order chi connectivity index (χ1) is 12.8. The fraction of sp³-hybridized carbons (Fsp3) is 0.118. The fourth-order valence-corrected chi connectivity index (χ4v) is 2.09. The van der Waals surface area contributed by atoms with Gasteiger partial charge in [0, 0.05) is 16.3 Å². The number of hydrogen-bond donors (Lipinski definition) is 3. The maximum absolute atomic E-state index is 12.6. The average Bonchev–Trinajstić information content (AvgIpc) is 2.61. The lowest BCUT2D eigenvalue weighted by Gasteiger charge is -2.10. The van der Waals surface area contributed by atoms with Gasteiger partial charge in [-0.3, -0.25) is 4.79 Å². The fourth-order valence-electron chi connectivity index (χ4n) is 1.90. The minimum atomic E-state index is -4.52. The second kappa shape index (κ2) is 9.04. The second-order valence-electron chi connectivity index (χ2n) is 5.20. The second-order valence-corrected chi connectivity index (χ2v) is 5.61. The summed E-state index contributed by atoms with van der Waals surface area (Å²) in [7, 11) is 0. The van der Waals surface area contributed by atoms with E-state index >= 15 is 0 Å². The smallest absolute Gasteiger partial charge is 0.329 e. The zero-order valence-electron chi connectivity index (χ0n) is 13.7. The van der Waals surface area contributed by atoms with Gasteiger partial charge >= 0.3 is 12.2 Å². The maximum Gasteiger partial charge on any atom is 0.416 e. The quantitative estimate of drug-likeness (QED) is 0.531. The van der Waals surface area contributed by atoms with Crippen LogP contribution >= 0.6 is 11.6 Å². The van der Waals surface area contributed by atoms with Gasteiger partial charge in [-0.2, -0.15) is 18.3 Å². The Balaban J connectivity index is 1.80. The van der Waals surface area contributed by atoms with Crippen LogP contribution in [0.2, 0.25) is 5.02 Å². The summed E-state index contributed by atoms with van der Waals surface area (Å²) >= 11 is 5.92. The molecule has 10 heteroatoms. The number of rotatable bonds is 5. The molecule has 0 atom stereocenters. The number of carbonyl (C=O) groups excluding carboxylic acids is 2. The van der Waals surface area contributed by atoms with E-state index in [4.69, 9.17) is 11.6 Å². The van der Waals surface area contributed by atoms with Crippen LogP contribution in [0.5, 0.6) is 0 Å². The van der Waals surface area contributed by atoms with Crippen molar-refractivity contribution in [1.82, 2.24) is 10.7 Å². The van der Waals surface area contributed by atoms with E-state index in [0.717, 1.165) is 18.2 Å². The number of amides is 3. The van der Waals surface area contributed by atoms with Crippen molar-refractivity contribution in [3.63, 3.8) is 0 Å². The van der Waals surface area contributed by atoms with Crippen LogP contribution in [0, 0.1) is 0 Å². The van der Waals surface area contributed by atoms with Crippen LogP contribution in [0.4, 0.5) is 23.7 Å². The van der Waals surface area contributed by atoms with E-state index in [2.05, 4.69) is 21.2 Å². The summed E-state index contributed by atoms with van der Waals surface area (Å²) in [4.78, 5) is 23.3. The first kappa shape index (κ1) is 20.2. The predicted octanol–water partition coefficient (Wildman–Crippen LogP) is 3.63. The maximum atomic E-state index is 12.6. The van der Waals surface area contributed by atoms with Crippen molar-refractivity contribution < 1.29 is 22.8 Å². The molecule has 0 radical (unpaired) electrons. The van der Waals surface area contributed by atoms with E-state index in [-0.39, 0.29) is 5.69 Å². The highest BCUT2D eigenvalue weighted by atomic mass is 35.5. The standard InChI is InChI=1S/C17H14ClF3N4O2/c18-14-7-2-1-4-11(14)9-23-25-15(26)10-22-16(27)24-13-6-3-5-12(8-13)17(19,20)21/h1-9H,10H2,(H,25,26)(H2,22,24,27)/b23-9+. The van der Waals surface area contributed by atoms with E-state index in [9.17, 15) is 22.8 Å². The molecule has 2 aromatic rings. The Morgan fingerprint density at radius 1 is 1.11 bits per heavy atom. The minimum absolute atomic E-state index is 0.0560. The van der Waals surface area contributed by atoms with Crippen molar-refractivity contribution in [3.8, 4) is 0 Å². The summed E-state index contributed by atoms with van der Waals surface area (Å²) in [5.74, 6) is -0.627. The number of halogens is 4. The van der Waals surface area contributed by atoms with Crippen LogP contribution in [0.25, 0.3) is 0 Å². The molecule has 0 unspecified atom stereocenters. The molecule has 0 spiro atoms. The molecular formula is C17H14ClF3N4O2. The zero-order valence-corrected chi connectivity index (χ0v) is 14.4. The highest BCUT2D eigenvalue weighted by Crippen LogP contribution is 2.30. The molecule has 0 heterocycles. The molecule has 0 aliphatic carbocycles. The van der Waals surface area contributed by atoms with Crippen molar-refractivity contribution in [2.45, 2.75) is 6.18 Å².